The third-order valence-electron chi connectivity index (χ3n) is 5.20. The van der Waals surface area contributed by atoms with E-state index in [2.05, 4.69) is 70.4 Å². The number of fused-ring (bicyclic) bond motifs is 3. The summed E-state index contributed by atoms with van der Waals surface area (Å²) in [5.41, 5.74) is 5.23. The van der Waals surface area contributed by atoms with E-state index < -0.39 is 0 Å². The maximum atomic E-state index is 4.70. The second-order valence-electron chi connectivity index (χ2n) is 7.28. The highest BCUT2D eigenvalue weighted by atomic mass is 32.1. The van der Waals surface area contributed by atoms with Crippen LogP contribution in [0.1, 0.15) is 21.0 Å². The fraction of sp³-hybridized carbons (Fsp3) is 0.217. The Kier molecular flexibility index (Phi) is 4.55. The molecule has 140 valence electrons. The number of aromatic nitrogens is 2. The van der Waals surface area contributed by atoms with Crippen molar-refractivity contribution >= 4 is 22.7 Å². The number of rotatable bonds is 4. The highest BCUT2D eigenvalue weighted by molar-refractivity contribution is 7.11. The van der Waals surface area contributed by atoms with Crippen molar-refractivity contribution in [1.29, 1.82) is 0 Å². The Morgan fingerprint density at radius 3 is 2.75 bits per heavy atom. The van der Waals surface area contributed by atoms with Crippen molar-refractivity contribution in [2.45, 2.75) is 20.0 Å². The van der Waals surface area contributed by atoms with Crippen LogP contribution in [0, 0.1) is 6.92 Å². The Bertz CT molecular complexity index is 1050. The van der Waals surface area contributed by atoms with E-state index in [-0.39, 0.29) is 0 Å². The van der Waals surface area contributed by atoms with Crippen LogP contribution in [0.3, 0.4) is 0 Å². The molecule has 4 heterocycles. The molecule has 0 radical (unpaired) electrons. The molecule has 28 heavy (non-hydrogen) atoms. The molecule has 0 N–H and O–H groups in total. The van der Waals surface area contributed by atoms with E-state index in [0.717, 1.165) is 37.0 Å². The van der Waals surface area contributed by atoms with Gasteiger partial charge in [0.25, 0.3) is 0 Å². The van der Waals surface area contributed by atoms with Gasteiger partial charge in [0.2, 0.25) is 0 Å². The summed E-state index contributed by atoms with van der Waals surface area (Å²) in [5.74, 6) is 1.05. The summed E-state index contributed by atoms with van der Waals surface area (Å²) in [6.07, 6.45) is 8.54. The zero-order valence-electron chi connectivity index (χ0n) is 15.9. The zero-order chi connectivity index (χ0) is 18.9. The predicted octanol–water partition coefficient (Wildman–Crippen LogP) is 4.65. The second kappa shape index (κ2) is 7.34. The lowest BCUT2D eigenvalue weighted by molar-refractivity contribution is 0.319. The van der Waals surface area contributed by atoms with Crippen LogP contribution in [-0.2, 0) is 13.1 Å². The van der Waals surface area contributed by atoms with E-state index in [0.29, 0.717) is 0 Å². The number of thiazole rings is 1. The predicted molar refractivity (Wildman–Crippen MR) is 115 cm³/mol. The summed E-state index contributed by atoms with van der Waals surface area (Å²) in [6.45, 7) is 5.75. The maximum Gasteiger partial charge on any atom is 0.140 e. The van der Waals surface area contributed by atoms with Crippen LogP contribution in [0.4, 0.5) is 5.82 Å². The highest BCUT2D eigenvalue weighted by Gasteiger charge is 2.27. The van der Waals surface area contributed by atoms with E-state index in [4.69, 9.17) is 4.98 Å². The number of aryl methyl sites for hydroxylation is 1. The van der Waals surface area contributed by atoms with Gasteiger partial charge in [-0.05, 0) is 35.8 Å². The lowest BCUT2D eigenvalue weighted by Gasteiger charge is -2.35. The van der Waals surface area contributed by atoms with Gasteiger partial charge in [0, 0.05) is 55.2 Å². The Morgan fingerprint density at radius 2 is 1.93 bits per heavy atom. The molecule has 0 saturated heterocycles. The summed E-state index contributed by atoms with van der Waals surface area (Å²) >= 11 is 1.79. The van der Waals surface area contributed by atoms with Crippen molar-refractivity contribution in [1.82, 2.24) is 14.9 Å². The van der Waals surface area contributed by atoms with Gasteiger partial charge in [-0.1, -0.05) is 36.4 Å². The van der Waals surface area contributed by atoms with Crippen LogP contribution >= 0.6 is 11.3 Å². The van der Waals surface area contributed by atoms with E-state index >= 15 is 0 Å². The van der Waals surface area contributed by atoms with Crippen LogP contribution in [-0.4, -0.2) is 28.0 Å². The van der Waals surface area contributed by atoms with Gasteiger partial charge < -0.3 is 4.90 Å². The summed E-state index contributed by atoms with van der Waals surface area (Å²) in [5, 5.41) is 1.13. The van der Waals surface area contributed by atoms with Gasteiger partial charge >= 0.3 is 0 Å². The molecule has 2 aromatic heterocycles. The molecule has 4 nitrogen and oxygen atoms in total. The molecule has 5 rings (SSSR count). The number of anilines is 1. The topological polar surface area (TPSA) is 32.3 Å². The summed E-state index contributed by atoms with van der Waals surface area (Å²) < 4.78 is 0. The maximum absolute atomic E-state index is 4.70. The SMILES string of the molecule is Cc1ncc(CN2CC=C3C(=CN(Cc4ccccc4)c4ncccc43)C2)s1. The molecule has 0 unspecified atom stereocenters. The normalized spacial score (nSPS) is 16.2. The largest absolute Gasteiger partial charge is 0.328 e. The molecule has 0 amide bonds. The molecular formula is C23H22N4S. The third kappa shape index (κ3) is 3.39. The van der Waals surface area contributed by atoms with Gasteiger partial charge in [-0.25, -0.2) is 9.97 Å². The summed E-state index contributed by atoms with van der Waals surface area (Å²) in [4.78, 5) is 15.2. The molecule has 5 heteroatoms. The molecule has 0 fully saturated rings. The van der Waals surface area contributed by atoms with Crippen molar-refractivity contribution in [2.75, 3.05) is 18.0 Å². The average Bonchev–Trinajstić information content (AvgIpc) is 3.13. The number of hydrogen-bond acceptors (Lipinski definition) is 5. The summed E-state index contributed by atoms with van der Waals surface area (Å²) in [7, 11) is 0. The molecular weight excluding hydrogens is 364 g/mol. The Labute approximate surface area is 169 Å². The molecule has 2 aliphatic heterocycles. The average molecular weight is 387 g/mol. The van der Waals surface area contributed by atoms with Crippen LogP contribution < -0.4 is 4.90 Å². The minimum Gasteiger partial charge on any atom is -0.328 e. The lowest BCUT2D eigenvalue weighted by atomic mass is 9.92. The second-order valence-corrected chi connectivity index (χ2v) is 8.59. The molecule has 0 atom stereocenters. The van der Waals surface area contributed by atoms with Gasteiger partial charge in [0.15, 0.2) is 0 Å². The lowest BCUT2D eigenvalue weighted by Crippen LogP contribution is -2.33. The first kappa shape index (κ1) is 17.3. The van der Waals surface area contributed by atoms with Crippen molar-refractivity contribution in [3.63, 3.8) is 0 Å². The monoisotopic (exact) mass is 386 g/mol. The molecule has 1 aromatic carbocycles. The van der Waals surface area contributed by atoms with E-state index in [1.54, 1.807) is 11.3 Å². The number of nitrogens with zero attached hydrogens (tertiary/aromatic N) is 4. The van der Waals surface area contributed by atoms with E-state index in [1.165, 1.54) is 27.2 Å². The highest BCUT2D eigenvalue weighted by Crippen LogP contribution is 2.38. The van der Waals surface area contributed by atoms with Gasteiger partial charge in [0.05, 0.1) is 5.01 Å². The molecule has 0 bridgehead atoms. The summed E-state index contributed by atoms with van der Waals surface area (Å²) in [6, 6.07) is 14.8. The first-order valence-corrected chi connectivity index (χ1v) is 10.4. The van der Waals surface area contributed by atoms with Crippen LogP contribution in [0.5, 0.6) is 0 Å². The third-order valence-corrected chi connectivity index (χ3v) is 6.10. The molecule has 0 saturated carbocycles. The quantitative estimate of drug-likeness (QED) is 0.653. The fourth-order valence-corrected chi connectivity index (χ4v) is 4.78. The minimum atomic E-state index is 0.829. The van der Waals surface area contributed by atoms with Crippen molar-refractivity contribution in [3.05, 3.63) is 93.7 Å². The number of benzene rings is 1. The van der Waals surface area contributed by atoms with Gasteiger partial charge in [-0.15, -0.1) is 11.3 Å². The molecule has 0 spiro atoms. The number of hydrogen-bond donors (Lipinski definition) is 0. The van der Waals surface area contributed by atoms with Gasteiger partial charge in [-0.3, -0.25) is 4.90 Å². The van der Waals surface area contributed by atoms with Crippen LogP contribution in [0.2, 0.25) is 0 Å². The molecule has 2 aliphatic rings. The number of pyridine rings is 1. The van der Waals surface area contributed by atoms with Gasteiger partial charge in [0.1, 0.15) is 5.82 Å². The van der Waals surface area contributed by atoms with Gasteiger partial charge in [-0.2, -0.15) is 0 Å². The van der Waals surface area contributed by atoms with Crippen molar-refractivity contribution in [2.24, 2.45) is 0 Å². The first-order chi connectivity index (χ1) is 13.8. The minimum absolute atomic E-state index is 0.829. The van der Waals surface area contributed by atoms with Crippen LogP contribution in [0.15, 0.2) is 72.7 Å². The Balaban J connectivity index is 1.45. The first-order valence-electron chi connectivity index (χ1n) is 9.57. The Hall–Kier alpha value is -2.76. The van der Waals surface area contributed by atoms with Crippen molar-refractivity contribution < 1.29 is 0 Å². The van der Waals surface area contributed by atoms with E-state index in [1.807, 2.05) is 18.5 Å². The standard InChI is InChI=1S/C23H22N4S/c1-17-25-12-20(28-17)16-26-11-9-21-19(14-26)15-27(13-18-6-3-2-4-7-18)23-22(21)8-5-10-24-23/h2-10,12,15H,11,13-14,16H2,1H3. The Morgan fingerprint density at radius 1 is 1.04 bits per heavy atom. The van der Waals surface area contributed by atoms with E-state index in [9.17, 15) is 0 Å². The van der Waals surface area contributed by atoms with Crippen LogP contribution in [0.25, 0.3) is 5.57 Å². The smallest absolute Gasteiger partial charge is 0.140 e. The van der Waals surface area contributed by atoms with Crippen molar-refractivity contribution in [3.8, 4) is 0 Å². The fourth-order valence-electron chi connectivity index (χ4n) is 3.94. The molecule has 3 aromatic rings. The molecule has 0 aliphatic carbocycles. The zero-order valence-corrected chi connectivity index (χ0v) is 16.7.